The largest absolute Gasteiger partial charge is 0.330 e. The standard InChI is InChI=1S/C20H19N5O/c26-19-16-6-1-4-15-5-2-7-17(18(15)16)25(19)14-23-10-12-24(13-11-23)20-21-8-3-9-22-20/h1-9H,10-14H2/p+1. The van der Waals surface area contributed by atoms with Crippen LogP contribution in [0.15, 0.2) is 54.9 Å². The minimum atomic E-state index is 0.123. The molecule has 2 aliphatic rings. The summed E-state index contributed by atoms with van der Waals surface area (Å²) in [4.78, 5) is 27.2. The van der Waals surface area contributed by atoms with E-state index in [0.717, 1.165) is 54.2 Å². The van der Waals surface area contributed by atoms with Gasteiger partial charge in [0.25, 0.3) is 5.91 Å². The number of amides is 1. The van der Waals surface area contributed by atoms with Gasteiger partial charge >= 0.3 is 0 Å². The number of benzene rings is 2. The van der Waals surface area contributed by atoms with Gasteiger partial charge < -0.3 is 9.80 Å². The maximum Gasteiger partial charge on any atom is 0.263 e. The van der Waals surface area contributed by atoms with Crippen LogP contribution in [0.3, 0.4) is 0 Å². The maximum atomic E-state index is 12.9. The Labute approximate surface area is 151 Å². The van der Waals surface area contributed by atoms with Crippen molar-refractivity contribution in [3.63, 3.8) is 0 Å². The van der Waals surface area contributed by atoms with E-state index in [1.54, 1.807) is 12.4 Å². The number of carbonyl (C=O) groups is 1. The molecule has 1 aromatic heterocycles. The highest BCUT2D eigenvalue weighted by atomic mass is 16.2. The summed E-state index contributed by atoms with van der Waals surface area (Å²) in [5.41, 5.74) is 1.87. The van der Waals surface area contributed by atoms with E-state index in [2.05, 4.69) is 33.1 Å². The molecule has 6 nitrogen and oxygen atoms in total. The zero-order valence-corrected chi connectivity index (χ0v) is 14.4. The third-order valence-electron chi connectivity index (χ3n) is 5.34. The predicted molar refractivity (Wildman–Crippen MR) is 101 cm³/mol. The summed E-state index contributed by atoms with van der Waals surface area (Å²) in [7, 11) is 0. The van der Waals surface area contributed by atoms with Gasteiger partial charge in [-0.25, -0.2) is 9.97 Å². The lowest BCUT2D eigenvalue weighted by atomic mass is 10.1. The molecule has 6 heteroatoms. The van der Waals surface area contributed by atoms with E-state index in [9.17, 15) is 4.79 Å². The van der Waals surface area contributed by atoms with E-state index in [1.165, 1.54) is 4.90 Å². The summed E-state index contributed by atoms with van der Waals surface area (Å²) in [5, 5.41) is 2.23. The van der Waals surface area contributed by atoms with E-state index < -0.39 is 0 Å². The van der Waals surface area contributed by atoms with Crippen LogP contribution in [0.2, 0.25) is 0 Å². The summed E-state index contributed by atoms with van der Waals surface area (Å²) in [5.74, 6) is 0.916. The topological polar surface area (TPSA) is 53.8 Å². The van der Waals surface area contributed by atoms with Crippen molar-refractivity contribution in [2.24, 2.45) is 0 Å². The van der Waals surface area contributed by atoms with Gasteiger partial charge in [-0.05, 0) is 23.6 Å². The van der Waals surface area contributed by atoms with Gasteiger partial charge in [-0.15, -0.1) is 0 Å². The lowest BCUT2D eigenvalue weighted by Crippen LogP contribution is -3.16. The Kier molecular flexibility index (Phi) is 3.57. The van der Waals surface area contributed by atoms with Crippen molar-refractivity contribution < 1.29 is 9.69 Å². The normalized spacial score (nSPS) is 17.3. The Morgan fingerprint density at radius 3 is 2.46 bits per heavy atom. The van der Waals surface area contributed by atoms with Crippen LogP contribution in [0.25, 0.3) is 10.8 Å². The van der Waals surface area contributed by atoms with E-state index in [1.807, 2.05) is 29.2 Å². The molecule has 2 aromatic carbocycles. The first-order chi connectivity index (χ1) is 12.8. The fourth-order valence-electron chi connectivity index (χ4n) is 4.00. The highest BCUT2D eigenvalue weighted by Gasteiger charge is 2.33. The van der Waals surface area contributed by atoms with Crippen molar-refractivity contribution in [1.29, 1.82) is 0 Å². The average Bonchev–Trinajstić information content (AvgIpc) is 2.97. The first-order valence-electron chi connectivity index (χ1n) is 9.00. The lowest BCUT2D eigenvalue weighted by molar-refractivity contribution is -0.899. The monoisotopic (exact) mass is 346 g/mol. The van der Waals surface area contributed by atoms with Gasteiger partial charge in [0.15, 0.2) is 6.67 Å². The molecule has 1 N–H and O–H groups in total. The van der Waals surface area contributed by atoms with Crippen LogP contribution in [0.1, 0.15) is 10.4 Å². The van der Waals surface area contributed by atoms with E-state index in [0.29, 0.717) is 6.67 Å². The summed E-state index contributed by atoms with van der Waals surface area (Å²) in [6, 6.07) is 14.0. The zero-order valence-electron chi connectivity index (χ0n) is 14.4. The number of rotatable bonds is 3. The molecule has 26 heavy (non-hydrogen) atoms. The van der Waals surface area contributed by atoms with Crippen LogP contribution < -0.4 is 14.7 Å². The quantitative estimate of drug-likeness (QED) is 0.767. The second-order valence-corrected chi connectivity index (χ2v) is 6.86. The minimum Gasteiger partial charge on any atom is -0.330 e. The molecule has 3 heterocycles. The highest BCUT2D eigenvalue weighted by Crippen LogP contribution is 2.36. The summed E-state index contributed by atoms with van der Waals surface area (Å²) in [6.07, 6.45) is 3.56. The molecule has 130 valence electrons. The van der Waals surface area contributed by atoms with Gasteiger partial charge in [-0.3, -0.25) is 9.69 Å². The number of nitrogens with one attached hydrogen (secondary N) is 1. The molecule has 0 bridgehead atoms. The summed E-state index contributed by atoms with van der Waals surface area (Å²) >= 11 is 0. The third-order valence-corrected chi connectivity index (χ3v) is 5.34. The first kappa shape index (κ1) is 15.3. The van der Waals surface area contributed by atoms with Gasteiger partial charge in [-0.1, -0.05) is 24.3 Å². The Hall–Kier alpha value is -2.99. The van der Waals surface area contributed by atoms with Crippen LogP contribution in [0.5, 0.6) is 0 Å². The van der Waals surface area contributed by atoms with Crippen molar-refractivity contribution in [2.45, 2.75) is 0 Å². The van der Waals surface area contributed by atoms with Crippen molar-refractivity contribution in [3.8, 4) is 0 Å². The number of hydrogen-bond acceptors (Lipinski definition) is 4. The minimum absolute atomic E-state index is 0.123. The fourth-order valence-corrected chi connectivity index (χ4v) is 4.00. The van der Waals surface area contributed by atoms with Crippen LogP contribution in [-0.4, -0.2) is 48.7 Å². The van der Waals surface area contributed by atoms with Crippen LogP contribution in [0, 0.1) is 0 Å². The number of hydrogen-bond donors (Lipinski definition) is 1. The highest BCUT2D eigenvalue weighted by molar-refractivity contribution is 6.24. The van der Waals surface area contributed by atoms with Crippen molar-refractivity contribution in [2.75, 3.05) is 42.6 Å². The van der Waals surface area contributed by atoms with E-state index in [4.69, 9.17) is 0 Å². The molecule has 1 fully saturated rings. The number of quaternary nitrogens is 1. The molecule has 2 aliphatic heterocycles. The predicted octanol–water partition coefficient (Wildman–Crippen LogP) is 0.953. The van der Waals surface area contributed by atoms with Gasteiger partial charge in [0.1, 0.15) is 0 Å². The molecule has 1 saturated heterocycles. The molecule has 3 aromatic rings. The molecule has 0 saturated carbocycles. The van der Waals surface area contributed by atoms with Crippen LogP contribution in [-0.2, 0) is 0 Å². The molecule has 0 aliphatic carbocycles. The second kappa shape index (κ2) is 6.07. The SMILES string of the molecule is O=C1c2cccc3cccc(c23)N1C[NH+]1CCN(c2ncccn2)CC1. The number of piperazine rings is 1. The van der Waals surface area contributed by atoms with E-state index >= 15 is 0 Å². The summed E-state index contributed by atoms with van der Waals surface area (Å²) in [6.45, 7) is 4.44. The Morgan fingerprint density at radius 1 is 0.962 bits per heavy atom. The Bertz CT molecular complexity index is 961. The number of anilines is 2. The van der Waals surface area contributed by atoms with Crippen molar-refractivity contribution in [1.82, 2.24) is 9.97 Å². The van der Waals surface area contributed by atoms with Crippen molar-refractivity contribution >= 4 is 28.3 Å². The van der Waals surface area contributed by atoms with Gasteiger partial charge in [0.2, 0.25) is 5.95 Å². The molecule has 0 radical (unpaired) electrons. The summed E-state index contributed by atoms with van der Waals surface area (Å²) < 4.78 is 0. The maximum absolute atomic E-state index is 12.9. The molecule has 0 spiro atoms. The molecule has 0 atom stereocenters. The lowest BCUT2D eigenvalue weighted by Gasteiger charge is -2.34. The third kappa shape index (κ3) is 2.42. The molecule has 5 rings (SSSR count). The van der Waals surface area contributed by atoms with Crippen LogP contribution in [0.4, 0.5) is 11.6 Å². The number of aromatic nitrogens is 2. The smallest absolute Gasteiger partial charge is 0.263 e. The van der Waals surface area contributed by atoms with Crippen LogP contribution >= 0.6 is 0 Å². The first-order valence-corrected chi connectivity index (χ1v) is 9.00. The fraction of sp³-hybridized carbons (Fsp3) is 0.250. The van der Waals surface area contributed by atoms with Crippen molar-refractivity contribution in [3.05, 3.63) is 60.4 Å². The zero-order chi connectivity index (χ0) is 17.5. The Morgan fingerprint density at radius 2 is 1.69 bits per heavy atom. The molecule has 0 unspecified atom stereocenters. The van der Waals surface area contributed by atoms with Gasteiger partial charge in [0.05, 0.1) is 37.4 Å². The van der Waals surface area contributed by atoms with E-state index in [-0.39, 0.29) is 5.91 Å². The molecular weight excluding hydrogens is 326 g/mol. The number of nitrogens with zero attached hydrogens (tertiary/aromatic N) is 4. The number of carbonyl (C=O) groups excluding carboxylic acids is 1. The Balaban J connectivity index is 1.33. The second-order valence-electron chi connectivity index (χ2n) is 6.86. The average molecular weight is 346 g/mol. The molecular formula is C20H20N5O+. The van der Waals surface area contributed by atoms with Gasteiger partial charge in [-0.2, -0.15) is 0 Å². The molecule has 1 amide bonds. The van der Waals surface area contributed by atoms with Gasteiger partial charge in [0, 0.05) is 17.8 Å².